The highest BCUT2D eigenvalue weighted by atomic mass is 79.9. The molecule has 0 bridgehead atoms. The van der Waals surface area contributed by atoms with E-state index in [1.165, 1.54) is 6.07 Å². The fourth-order valence-electron chi connectivity index (χ4n) is 1.75. The second kappa shape index (κ2) is 5.88. The van der Waals surface area contributed by atoms with Gasteiger partial charge in [-0.15, -0.1) is 11.3 Å². The highest BCUT2D eigenvalue weighted by Gasteiger charge is 2.16. The molecule has 0 amide bonds. The van der Waals surface area contributed by atoms with Gasteiger partial charge in [0.15, 0.2) is 0 Å². The Morgan fingerprint density at radius 3 is 2.89 bits per heavy atom. The Kier molecular flexibility index (Phi) is 4.45. The lowest BCUT2D eigenvalue weighted by Crippen LogP contribution is -2.30. The first kappa shape index (κ1) is 13.6. The SMILES string of the molecule is Cc1nc(CC(NN)c2ccc(Br)cc2F)cs1. The standard InChI is InChI=1S/C12H13BrFN3S/c1-7-16-9(6-18-7)5-12(17-15)10-3-2-8(13)4-11(10)14/h2-4,6,12,17H,5,15H2,1H3. The lowest BCUT2D eigenvalue weighted by molar-refractivity contribution is 0.507. The van der Waals surface area contributed by atoms with Gasteiger partial charge in [-0.3, -0.25) is 11.3 Å². The van der Waals surface area contributed by atoms with Gasteiger partial charge in [0.25, 0.3) is 0 Å². The summed E-state index contributed by atoms with van der Waals surface area (Å²) in [5.74, 6) is 5.24. The molecule has 0 saturated carbocycles. The van der Waals surface area contributed by atoms with Crippen LogP contribution in [0.1, 0.15) is 22.3 Å². The molecule has 6 heteroatoms. The Morgan fingerprint density at radius 2 is 2.33 bits per heavy atom. The predicted molar refractivity (Wildman–Crippen MR) is 74.7 cm³/mol. The van der Waals surface area contributed by atoms with Crippen molar-refractivity contribution in [2.75, 3.05) is 0 Å². The van der Waals surface area contributed by atoms with Crippen molar-refractivity contribution in [3.63, 3.8) is 0 Å². The van der Waals surface area contributed by atoms with Crippen LogP contribution >= 0.6 is 27.3 Å². The molecule has 0 saturated heterocycles. The van der Waals surface area contributed by atoms with Crippen molar-refractivity contribution >= 4 is 27.3 Å². The smallest absolute Gasteiger partial charge is 0.129 e. The van der Waals surface area contributed by atoms with Crippen LogP contribution in [0.5, 0.6) is 0 Å². The Balaban J connectivity index is 2.22. The first-order valence-electron chi connectivity index (χ1n) is 5.42. The van der Waals surface area contributed by atoms with E-state index in [4.69, 9.17) is 5.84 Å². The molecule has 1 aromatic heterocycles. The van der Waals surface area contributed by atoms with Crippen LogP contribution in [0.2, 0.25) is 0 Å². The summed E-state index contributed by atoms with van der Waals surface area (Å²) in [5.41, 5.74) is 4.11. The second-order valence-corrected chi connectivity index (χ2v) is 5.92. The Hall–Kier alpha value is -0.820. The predicted octanol–water partition coefficient (Wildman–Crippen LogP) is 3.10. The van der Waals surface area contributed by atoms with Crippen LogP contribution in [0.15, 0.2) is 28.1 Å². The third-order valence-corrected chi connectivity index (χ3v) is 3.93. The molecule has 2 aromatic rings. The summed E-state index contributed by atoms with van der Waals surface area (Å²) in [4.78, 5) is 4.36. The highest BCUT2D eigenvalue weighted by Crippen LogP contribution is 2.24. The summed E-state index contributed by atoms with van der Waals surface area (Å²) in [6.07, 6.45) is 0.569. The number of hydrogen-bond acceptors (Lipinski definition) is 4. The molecule has 2 rings (SSSR count). The molecular weight excluding hydrogens is 317 g/mol. The van der Waals surface area contributed by atoms with Crippen molar-refractivity contribution in [3.05, 3.63) is 50.1 Å². The van der Waals surface area contributed by atoms with E-state index in [2.05, 4.69) is 26.3 Å². The van der Waals surface area contributed by atoms with E-state index >= 15 is 0 Å². The van der Waals surface area contributed by atoms with Crippen LogP contribution in [-0.2, 0) is 6.42 Å². The maximum absolute atomic E-state index is 13.9. The molecule has 18 heavy (non-hydrogen) atoms. The number of halogens is 2. The van der Waals surface area contributed by atoms with Crippen molar-refractivity contribution in [3.8, 4) is 0 Å². The summed E-state index contributed by atoms with van der Waals surface area (Å²) in [6, 6.07) is 4.68. The summed E-state index contributed by atoms with van der Waals surface area (Å²) in [7, 11) is 0. The number of aromatic nitrogens is 1. The maximum Gasteiger partial charge on any atom is 0.129 e. The van der Waals surface area contributed by atoms with Crippen LogP contribution in [0.3, 0.4) is 0 Å². The van der Waals surface area contributed by atoms with Crippen molar-refractivity contribution < 1.29 is 4.39 Å². The first-order chi connectivity index (χ1) is 8.60. The molecule has 1 atom stereocenters. The fourth-order valence-corrected chi connectivity index (χ4v) is 2.71. The largest absolute Gasteiger partial charge is 0.271 e. The van der Waals surface area contributed by atoms with Crippen LogP contribution in [0.25, 0.3) is 0 Å². The Morgan fingerprint density at radius 1 is 1.56 bits per heavy atom. The van der Waals surface area contributed by atoms with Gasteiger partial charge in [-0.25, -0.2) is 9.37 Å². The highest BCUT2D eigenvalue weighted by molar-refractivity contribution is 9.10. The van der Waals surface area contributed by atoms with Gasteiger partial charge < -0.3 is 0 Å². The number of rotatable bonds is 4. The quantitative estimate of drug-likeness (QED) is 0.669. The molecule has 0 radical (unpaired) electrons. The zero-order chi connectivity index (χ0) is 13.1. The summed E-state index contributed by atoms with van der Waals surface area (Å²) < 4.78 is 14.6. The van der Waals surface area contributed by atoms with Crippen molar-refractivity contribution in [2.45, 2.75) is 19.4 Å². The van der Waals surface area contributed by atoms with Gasteiger partial charge in [-0.05, 0) is 19.1 Å². The molecule has 0 spiro atoms. The van der Waals surface area contributed by atoms with E-state index in [9.17, 15) is 4.39 Å². The van der Waals surface area contributed by atoms with E-state index in [1.807, 2.05) is 12.3 Å². The van der Waals surface area contributed by atoms with E-state index in [0.29, 0.717) is 16.5 Å². The van der Waals surface area contributed by atoms with Crippen molar-refractivity contribution in [1.82, 2.24) is 10.4 Å². The second-order valence-electron chi connectivity index (χ2n) is 3.95. The lowest BCUT2D eigenvalue weighted by Gasteiger charge is -2.16. The van der Waals surface area contributed by atoms with Crippen LogP contribution in [0.4, 0.5) is 4.39 Å². The Bertz CT molecular complexity index is 544. The molecule has 1 heterocycles. The van der Waals surface area contributed by atoms with E-state index < -0.39 is 0 Å². The van der Waals surface area contributed by atoms with Gasteiger partial charge in [-0.1, -0.05) is 22.0 Å². The minimum absolute atomic E-state index is 0.278. The topological polar surface area (TPSA) is 50.9 Å². The van der Waals surface area contributed by atoms with Gasteiger partial charge in [0.05, 0.1) is 16.7 Å². The number of hydrogen-bond donors (Lipinski definition) is 2. The van der Waals surface area contributed by atoms with Crippen molar-refractivity contribution in [2.24, 2.45) is 5.84 Å². The molecule has 3 nitrogen and oxygen atoms in total. The molecule has 3 N–H and O–H groups in total. The minimum atomic E-state index is -0.278. The normalized spacial score (nSPS) is 12.7. The number of nitrogens with zero attached hydrogens (tertiary/aromatic N) is 1. The summed E-state index contributed by atoms with van der Waals surface area (Å²) >= 11 is 4.81. The molecule has 0 fully saturated rings. The maximum atomic E-state index is 13.9. The summed E-state index contributed by atoms with van der Waals surface area (Å²) in [5, 5.41) is 2.97. The van der Waals surface area contributed by atoms with E-state index in [1.54, 1.807) is 23.5 Å². The van der Waals surface area contributed by atoms with Crippen molar-refractivity contribution in [1.29, 1.82) is 0 Å². The number of aryl methyl sites for hydroxylation is 1. The van der Waals surface area contributed by atoms with Gasteiger partial charge in [-0.2, -0.15) is 0 Å². The van der Waals surface area contributed by atoms with E-state index in [0.717, 1.165) is 10.7 Å². The zero-order valence-corrected chi connectivity index (χ0v) is 12.2. The average Bonchev–Trinajstić information content (AvgIpc) is 2.72. The minimum Gasteiger partial charge on any atom is -0.271 e. The molecule has 1 unspecified atom stereocenters. The van der Waals surface area contributed by atoms with Crippen LogP contribution < -0.4 is 11.3 Å². The number of nitrogens with two attached hydrogens (primary N) is 1. The molecule has 0 aliphatic rings. The zero-order valence-electron chi connectivity index (χ0n) is 9.78. The van der Waals surface area contributed by atoms with Crippen LogP contribution in [0, 0.1) is 12.7 Å². The molecule has 0 aliphatic heterocycles. The number of benzene rings is 1. The van der Waals surface area contributed by atoms with E-state index in [-0.39, 0.29) is 11.9 Å². The Labute approximate surface area is 117 Å². The molecule has 96 valence electrons. The molecule has 1 aromatic carbocycles. The monoisotopic (exact) mass is 329 g/mol. The van der Waals surface area contributed by atoms with Gasteiger partial charge in [0.2, 0.25) is 0 Å². The number of thiazole rings is 1. The average molecular weight is 330 g/mol. The fraction of sp³-hybridized carbons (Fsp3) is 0.250. The van der Waals surface area contributed by atoms with Gasteiger partial charge in [0.1, 0.15) is 5.82 Å². The summed E-state index contributed by atoms with van der Waals surface area (Å²) in [6.45, 7) is 1.94. The molecule has 0 aliphatic carbocycles. The van der Waals surface area contributed by atoms with Gasteiger partial charge >= 0.3 is 0 Å². The number of hydrazine groups is 1. The third kappa shape index (κ3) is 3.14. The first-order valence-corrected chi connectivity index (χ1v) is 7.09. The van der Waals surface area contributed by atoms with Crippen LogP contribution in [-0.4, -0.2) is 4.98 Å². The lowest BCUT2D eigenvalue weighted by atomic mass is 10.0. The molecular formula is C12H13BrFN3S. The van der Waals surface area contributed by atoms with Gasteiger partial charge in [0, 0.05) is 21.8 Å². The third-order valence-electron chi connectivity index (χ3n) is 2.62. The number of nitrogens with one attached hydrogen (secondary N) is 1.